The van der Waals surface area contributed by atoms with Gasteiger partial charge in [0.1, 0.15) is 31.0 Å². The van der Waals surface area contributed by atoms with E-state index in [4.69, 9.17) is 9.47 Å². The number of aromatic amines is 1. The van der Waals surface area contributed by atoms with E-state index in [1.54, 1.807) is 6.21 Å². The lowest BCUT2D eigenvalue weighted by Crippen LogP contribution is -2.10. The zero-order valence-electron chi connectivity index (χ0n) is 15.9. The minimum absolute atomic E-state index is 0.428. The van der Waals surface area contributed by atoms with E-state index >= 15 is 0 Å². The van der Waals surface area contributed by atoms with Crippen LogP contribution in [0.5, 0.6) is 11.5 Å². The number of ether oxygens (including phenoxy) is 2. The van der Waals surface area contributed by atoms with Crippen molar-refractivity contribution < 1.29 is 9.47 Å². The predicted octanol–water partition coefficient (Wildman–Crippen LogP) is 5.29. The minimum Gasteiger partial charge on any atom is -0.490 e. The standard InChI is InChI=1S/C21H23BrN4O2/c1-3-15(2)16-4-7-19(8-5-16)27-10-11-28-20-9-6-18(22)12-17(20)13-23-21-24-14-25-26-21/h4-9,12-15H,3,10-11H2,1-2H3,(H,24,25,26). The summed E-state index contributed by atoms with van der Waals surface area (Å²) >= 11 is 3.47. The molecule has 0 saturated carbocycles. The van der Waals surface area contributed by atoms with E-state index in [9.17, 15) is 0 Å². The van der Waals surface area contributed by atoms with Gasteiger partial charge < -0.3 is 9.47 Å². The Bertz CT molecular complexity index is 895. The molecule has 0 fully saturated rings. The number of hydrogen-bond acceptors (Lipinski definition) is 5. The van der Waals surface area contributed by atoms with Crippen molar-refractivity contribution >= 4 is 28.1 Å². The van der Waals surface area contributed by atoms with Gasteiger partial charge in [-0.1, -0.05) is 41.9 Å². The van der Waals surface area contributed by atoms with E-state index < -0.39 is 0 Å². The Balaban J connectivity index is 1.54. The molecule has 146 valence electrons. The maximum absolute atomic E-state index is 5.88. The van der Waals surface area contributed by atoms with Crippen molar-refractivity contribution in [2.75, 3.05) is 13.2 Å². The monoisotopic (exact) mass is 442 g/mol. The molecule has 0 spiro atoms. The van der Waals surface area contributed by atoms with E-state index in [1.807, 2.05) is 30.3 Å². The summed E-state index contributed by atoms with van der Waals surface area (Å²) in [7, 11) is 0. The highest BCUT2D eigenvalue weighted by Crippen LogP contribution is 2.23. The molecular weight excluding hydrogens is 420 g/mol. The molecule has 1 N–H and O–H groups in total. The van der Waals surface area contributed by atoms with E-state index in [0.717, 1.165) is 28.0 Å². The summed E-state index contributed by atoms with van der Waals surface area (Å²) in [6.45, 7) is 5.31. The van der Waals surface area contributed by atoms with Crippen molar-refractivity contribution in [1.29, 1.82) is 0 Å². The molecule has 28 heavy (non-hydrogen) atoms. The lowest BCUT2D eigenvalue weighted by molar-refractivity contribution is 0.217. The second-order valence-corrected chi connectivity index (χ2v) is 7.24. The zero-order chi connectivity index (χ0) is 19.8. The number of nitrogens with zero attached hydrogens (tertiary/aromatic N) is 3. The first-order valence-electron chi connectivity index (χ1n) is 9.20. The van der Waals surface area contributed by atoms with Gasteiger partial charge in [-0.3, -0.25) is 0 Å². The number of aromatic nitrogens is 3. The third-order valence-electron chi connectivity index (χ3n) is 4.37. The molecular formula is C21H23BrN4O2. The van der Waals surface area contributed by atoms with Gasteiger partial charge in [-0.2, -0.15) is 10.1 Å². The smallest absolute Gasteiger partial charge is 0.245 e. The summed E-state index contributed by atoms with van der Waals surface area (Å²) in [6, 6.07) is 14.0. The van der Waals surface area contributed by atoms with Crippen LogP contribution in [-0.2, 0) is 0 Å². The first-order chi connectivity index (χ1) is 13.7. The van der Waals surface area contributed by atoms with Crippen LogP contribution in [0.1, 0.15) is 37.3 Å². The summed E-state index contributed by atoms with van der Waals surface area (Å²) in [5.74, 6) is 2.57. The van der Waals surface area contributed by atoms with Gasteiger partial charge in [0, 0.05) is 16.3 Å². The van der Waals surface area contributed by atoms with Gasteiger partial charge >= 0.3 is 0 Å². The second kappa shape index (κ2) is 10.0. The van der Waals surface area contributed by atoms with E-state index in [0.29, 0.717) is 25.1 Å². The fraction of sp³-hybridized carbons (Fsp3) is 0.286. The quantitative estimate of drug-likeness (QED) is 0.360. The van der Waals surface area contributed by atoms with Crippen LogP contribution in [0.4, 0.5) is 5.95 Å². The molecule has 0 bridgehead atoms. The number of rotatable bonds is 9. The Labute approximate surface area is 173 Å². The first-order valence-corrected chi connectivity index (χ1v) is 9.99. The largest absolute Gasteiger partial charge is 0.490 e. The molecule has 1 unspecified atom stereocenters. The molecule has 1 heterocycles. The fourth-order valence-corrected chi connectivity index (χ4v) is 2.96. The predicted molar refractivity (Wildman–Crippen MR) is 114 cm³/mol. The van der Waals surface area contributed by atoms with Crippen LogP contribution >= 0.6 is 15.9 Å². The lowest BCUT2D eigenvalue weighted by atomic mass is 9.99. The van der Waals surface area contributed by atoms with Gasteiger partial charge in [0.2, 0.25) is 5.95 Å². The molecule has 3 aromatic rings. The Hall–Kier alpha value is -2.67. The van der Waals surface area contributed by atoms with Crippen LogP contribution < -0.4 is 9.47 Å². The number of H-pyrrole nitrogens is 1. The van der Waals surface area contributed by atoms with Crippen LogP contribution in [-0.4, -0.2) is 34.6 Å². The normalized spacial score (nSPS) is 12.2. The Morgan fingerprint density at radius 3 is 2.64 bits per heavy atom. The second-order valence-electron chi connectivity index (χ2n) is 6.32. The van der Waals surface area contributed by atoms with Crippen molar-refractivity contribution in [2.45, 2.75) is 26.2 Å². The number of nitrogens with one attached hydrogen (secondary N) is 1. The maximum Gasteiger partial charge on any atom is 0.245 e. The van der Waals surface area contributed by atoms with Gasteiger partial charge in [-0.25, -0.2) is 10.1 Å². The van der Waals surface area contributed by atoms with Crippen molar-refractivity contribution in [3.05, 3.63) is 64.4 Å². The minimum atomic E-state index is 0.428. The molecule has 0 aliphatic heterocycles. The van der Waals surface area contributed by atoms with Crippen molar-refractivity contribution in [2.24, 2.45) is 4.99 Å². The molecule has 1 atom stereocenters. The van der Waals surface area contributed by atoms with Gasteiger partial charge in [-0.05, 0) is 48.2 Å². The highest BCUT2D eigenvalue weighted by Gasteiger charge is 2.05. The molecule has 3 rings (SSSR count). The highest BCUT2D eigenvalue weighted by molar-refractivity contribution is 9.10. The molecule has 0 saturated heterocycles. The lowest BCUT2D eigenvalue weighted by Gasteiger charge is -2.12. The molecule has 1 aromatic heterocycles. The van der Waals surface area contributed by atoms with E-state index in [2.05, 4.69) is 62.1 Å². The van der Waals surface area contributed by atoms with Crippen LogP contribution in [0.3, 0.4) is 0 Å². The molecule has 0 aliphatic carbocycles. The molecule has 0 aliphatic rings. The zero-order valence-corrected chi connectivity index (χ0v) is 17.5. The molecule has 6 nitrogen and oxygen atoms in total. The van der Waals surface area contributed by atoms with Crippen molar-refractivity contribution in [3.8, 4) is 11.5 Å². The summed E-state index contributed by atoms with van der Waals surface area (Å²) in [4.78, 5) is 8.23. The number of halogens is 1. The fourth-order valence-electron chi connectivity index (χ4n) is 2.58. The number of aliphatic imine (C=N–C) groups is 1. The van der Waals surface area contributed by atoms with E-state index in [-0.39, 0.29) is 0 Å². The molecule has 0 radical (unpaired) electrons. The summed E-state index contributed by atoms with van der Waals surface area (Å²) in [5, 5.41) is 6.47. The Kier molecular flexibility index (Phi) is 7.19. The van der Waals surface area contributed by atoms with E-state index in [1.165, 1.54) is 11.9 Å². The molecule has 0 amide bonds. The van der Waals surface area contributed by atoms with Gasteiger partial charge in [-0.15, -0.1) is 0 Å². The average molecular weight is 443 g/mol. The first kappa shape index (κ1) is 20.1. The number of benzene rings is 2. The van der Waals surface area contributed by atoms with Gasteiger partial charge in [0.05, 0.1) is 0 Å². The molecule has 7 heteroatoms. The van der Waals surface area contributed by atoms with Gasteiger partial charge in [0.25, 0.3) is 0 Å². The summed E-state index contributed by atoms with van der Waals surface area (Å²) in [5.41, 5.74) is 2.17. The highest BCUT2D eigenvalue weighted by atomic mass is 79.9. The van der Waals surface area contributed by atoms with Crippen LogP contribution in [0, 0.1) is 0 Å². The van der Waals surface area contributed by atoms with Crippen LogP contribution in [0.25, 0.3) is 0 Å². The third-order valence-corrected chi connectivity index (χ3v) is 4.86. The van der Waals surface area contributed by atoms with Crippen molar-refractivity contribution in [3.63, 3.8) is 0 Å². The summed E-state index contributed by atoms with van der Waals surface area (Å²) < 4.78 is 12.6. The maximum atomic E-state index is 5.88. The van der Waals surface area contributed by atoms with Crippen LogP contribution in [0.2, 0.25) is 0 Å². The third kappa shape index (κ3) is 5.66. The Morgan fingerprint density at radius 1 is 1.14 bits per heavy atom. The SMILES string of the molecule is CCC(C)c1ccc(OCCOc2ccc(Br)cc2C=Nc2ncn[nH]2)cc1. The topological polar surface area (TPSA) is 72.4 Å². The van der Waals surface area contributed by atoms with Gasteiger partial charge in [0.15, 0.2) is 0 Å². The Morgan fingerprint density at radius 2 is 1.93 bits per heavy atom. The summed E-state index contributed by atoms with van der Waals surface area (Å²) in [6.07, 6.45) is 4.23. The number of hydrogen-bond donors (Lipinski definition) is 1. The molecule has 2 aromatic carbocycles. The average Bonchev–Trinajstić information content (AvgIpc) is 3.24. The van der Waals surface area contributed by atoms with Crippen LogP contribution in [0.15, 0.2) is 58.3 Å². The van der Waals surface area contributed by atoms with Crippen molar-refractivity contribution in [1.82, 2.24) is 15.2 Å².